The van der Waals surface area contributed by atoms with Gasteiger partial charge in [0.05, 0.1) is 6.61 Å². The summed E-state index contributed by atoms with van der Waals surface area (Å²) in [6.07, 6.45) is 13.8. The molecule has 0 spiro atoms. The number of ether oxygens (including phenoxy) is 1. The molecule has 1 heterocycles. The van der Waals surface area contributed by atoms with Crippen LogP contribution in [0.3, 0.4) is 0 Å². The minimum atomic E-state index is 0.304. The van der Waals surface area contributed by atoms with Crippen molar-refractivity contribution in [1.29, 1.82) is 0 Å². The van der Waals surface area contributed by atoms with Crippen LogP contribution in [-0.4, -0.2) is 11.6 Å². The van der Waals surface area contributed by atoms with Crippen molar-refractivity contribution in [1.82, 2.24) is 4.98 Å². The van der Waals surface area contributed by atoms with E-state index in [4.69, 9.17) is 9.72 Å². The fourth-order valence-electron chi connectivity index (χ4n) is 3.37. The Morgan fingerprint density at radius 2 is 1.52 bits per heavy atom. The molecule has 1 atom stereocenters. The fourth-order valence-corrected chi connectivity index (χ4v) is 3.37. The quantitative estimate of drug-likeness (QED) is 0.346. The Bertz CT molecular complexity index is 618. The zero-order chi connectivity index (χ0) is 19.3. The Hall–Kier alpha value is -1.83. The van der Waals surface area contributed by atoms with E-state index in [1.807, 2.05) is 0 Å². The molecule has 0 saturated carbocycles. The number of aromatic nitrogens is 1. The van der Waals surface area contributed by atoms with Crippen molar-refractivity contribution >= 4 is 0 Å². The zero-order valence-corrected chi connectivity index (χ0v) is 17.5. The van der Waals surface area contributed by atoms with Crippen LogP contribution >= 0.6 is 0 Å². The smallest absolute Gasteiger partial charge is 0.119 e. The number of unbranched alkanes of at least 4 members (excludes halogenated alkanes) is 6. The van der Waals surface area contributed by atoms with Crippen molar-refractivity contribution in [3.63, 3.8) is 0 Å². The van der Waals surface area contributed by atoms with E-state index in [0.717, 1.165) is 30.9 Å². The average Bonchev–Trinajstić information content (AvgIpc) is 2.72. The molecule has 0 bridgehead atoms. The van der Waals surface area contributed by atoms with Gasteiger partial charge in [-0.05, 0) is 48.6 Å². The van der Waals surface area contributed by atoms with E-state index in [1.54, 1.807) is 0 Å². The molecule has 2 aromatic rings. The molecule has 0 amide bonds. The lowest BCUT2D eigenvalue weighted by atomic mass is 9.96. The highest BCUT2D eigenvalue weighted by atomic mass is 16.5. The molecule has 0 radical (unpaired) electrons. The van der Waals surface area contributed by atoms with E-state index >= 15 is 0 Å². The third-order valence-corrected chi connectivity index (χ3v) is 5.21. The molecule has 2 nitrogen and oxygen atoms in total. The molecule has 0 aliphatic rings. The number of hydrogen-bond donors (Lipinski definition) is 0. The third kappa shape index (κ3) is 7.74. The van der Waals surface area contributed by atoms with Crippen LogP contribution in [-0.2, 0) is 6.42 Å². The summed E-state index contributed by atoms with van der Waals surface area (Å²) >= 11 is 0. The number of aryl methyl sites for hydroxylation is 1. The second kappa shape index (κ2) is 12.5. The van der Waals surface area contributed by atoms with Crippen LogP contribution in [0.4, 0.5) is 0 Å². The second-order valence-corrected chi connectivity index (χ2v) is 7.60. The standard InChI is InChI=1S/C25H37NO/c1-4-6-7-8-9-10-11-12-22-13-18-25(26-20-22)21(3)23-14-16-24(17-15-23)27-19-5-2/h13-18,20-21H,4-12,19H2,1-3H3. The molecule has 27 heavy (non-hydrogen) atoms. The van der Waals surface area contributed by atoms with Crippen LogP contribution in [0.15, 0.2) is 42.6 Å². The lowest BCUT2D eigenvalue weighted by Crippen LogP contribution is -2.01. The molecule has 1 unspecified atom stereocenters. The lowest BCUT2D eigenvalue weighted by Gasteiger charge is -2.13. The summed E-state index contributed by atoms with van der Waals surface area (Å²) in [7, 11) is 0. The van der Waals surface area contributed by atoms with Gasteiger partial charge in [-0.1, -0.05) is 77.5 Å². The predicted molar refractivity (Wildman–Crippen MR) is 116 cm³/mol. The van der Waals surface area contributed by atoms with Gasteiger partial charge in [-0.3, -0.25) is 4.98 Å². The van der Waals surface area contributed by atoms with Crippen LogP contribution in [0.25, 0.3) is 0 Å². The Morgan fingerprint density at radius 3 is 2.15 bits per heavy atom. The maximum Gasteiger partial charge on any atom is 0.119 e. The van der Waals surface area contributed by atoms with E-state index in [0.29, 0.717) is 5.92 Å². The van der Waals surface area contributed by atoms with Gasteiger partial charge in [0.1, 0.15) is 5.75 Å². The molecule has 1 aromatic carbocycles. The number of pyridine rings is 1. The van der Waals surface area contributed by atoms with Crippen molar-refractivity contribution < 1.29 is 4.74 Å². The van der Waals surface area contributed by atoms with E-state index < -0.39 is 0 Å². The molecular weight excluding hydrogens is 330 g/mol. The summed E-state index contributed by atoms with van der Waals surface area (Å²) in [5.41, 5.74) is 3.79. The molecule has 148 valence electrons. The monoisotopic (exact) mass is 367 g/mol. The zero-order valence-electron chi connectivity index (χ0n) is 17.5. The van der Waals surface area contributed by atoms with E-state index in [1.165, 1.54) is 56.1 Å². The highest BCUT2D eigenvalue weighted by Crippen LogP contribution is 2.25. The van der Waals surface area contributed by atoms with E-state index in [2.05, 4.69) is 63.4 Å². The van der Waals surface area contributed by atoms with Crippen molar-refractivity contribution in [3.8, 4) is 5.75 Å². The molecule has 2 rings (SSSR count). The SMILES string of the molecule is CCCCCCCCCc1ccc(C(C)c2ccc(OCCC)cc2)nc1. The van der Waals surface area contributed by atoms with Gasteiger partial charge in [0.25, 0.3) is 0 Å². The molecule has 1 aromatic heterocycles. The minimum Gasteiger partial charge on any atom is -0.494 e. The molecular formula is C25H37NO. The maximum atomic E-state index is 5.67. The first-order valence-corrected chi connectivity index (χ1v) is 10.9. The molecule has 2 heteroatoms. The summed E-state index contributed by atoms with van der Waals surface area (Å²) < 4.78 is 5.67. The molecule has 0 N–H and O–H groups in total. The average molecular weight is 368 g/mol. The number of benzene rings is 1. The van der Waals surface area contributed by atoms with Crippen LogP contribution in [0.5, 0.6) is 5.75 Å². The normalized spacial score (nSPS) is 12.1. The Kier molecular flexibility index (Phi) is 9.97. The molecule has 0 aliphatic heterocycles. The second-order valence-electron chi connectivity index (χ2n) is 7.60. The van der Waals surface area contributed by atoms with Crippen LogP contribution < -0.4 is 4.74 Å². The van der Waals surface area contributed by atoms with E-state index in [9.17, 15) is 0 Å². The summed E-state index contributed by atoms with van der Waals surface area (Å²) in [4.78, 5) is 4.74. The Balaban J connectivity index is 1.78. The highest BCUT2D eigenvalue weighted by Gasteiger charge is 2.10. The van der Waals surface area contributed by atoms with Gasteiger partial charge in [0.2, 0.25) is 0 Å². The van der Waals surface area contributed by atoms with Gasteiger partial charge in [-0.2, -0.15) is 0 Å². The van der Waals surface area contributed by atoms with Gasteiger partial charge in [-0.15, -0.1) is 0 Å². The van der Waals surface area contributed by atoms with Crippen LogP contribution in [0, 0.1) is 0 Å². The van der Waals surface area contributed by atoms with Gasteiger partial charge in [0.15, 0.2) is 0 Å². The van der Waals surface area contributed by atoms with Crippen molar-refractivity contribution in [2.75, 3.05) is 6.61 Å². The van der Waals surface area contributed by atoms with Crippen molar-refractivity contribution in [2.45, 2.75) is 84.5 Å². The van der Waals surface area contributed by atoms with Gasteiger partial charge in [-0.25, -0.2) is 0 Å². The Labute approximate surface area is 166 Å². The van der Waals surface area contributed by atoms with Crippen molar-refractivity contribution in [2.24, 2.45) is 0 Å². The van der Waals surface area contributed by atoms with Gasteiger partial charge >= 0.3 is 0 Å². The minimum absolute atomic E-state index is 0.304. The lowest BCUT2D eigenvalue weighted by molar-refractivity contribution is 0.317. The number of rotatable bonds is 13. The molecule has 0 saturated heterocycles. The summed E-state index contributed by atoms with van der Waals surface area (Å²) in [5, 5.41) is 0. The van der Waals surface area contributed by atoms with Crippen LogP contribution in [0.1, 0.15) is 94.9 Å². The first-order valence-electron chi connectivity index (χ1n) is 10.9. The summed E-state index contributed by atoms with van der Waals surface area (Å²) in [6.45, 7) is 7.39. The van der Waals surface area contributed by atoms with Gasteiger partial charge in [0, 0.05) is 17.8 Å². The predicted octanol–water partition coefficient (Wildman–Crippen LogP) is 7.32. The topological polar surface area (TPSA) is 22.1 Å². The third-order valence-electron chi connectivity index (χ3n) is 5.21. The number of hydrogen-bond acceptors (Lipinski definition) is 2. The molecule has 0 fully saturated rings. The summed E-state index contributed by atoms with van der Waals surface area (Å²) in [6, 6.07) is 12.9. The van der Waals surface area contributed by atoms with Crippen LogP contribution in [0.2, 0.25) is 0 Å². The first-order chi connectivity index (χ1) is 13.2. The Morgan fingerprint density at radius 1 is 0.815 bits per heavy atom. The van der Waals surface area contributed by atoms with E-state index in [-0.39, 0.29) is 0 Å². The first kappa shape index (κ1) is 21.5. The number of nitrogens with zero attached hydrogens (tertiary/aromatic N) is 1. The highest BCUT2D eigenvalue weighted by molar-refractivity contribution is 5.33. The van der Waals surface area contributed by atoms with Gasteiger partial charge < -0.3 is 4.74 Å². The fraction of sp³-hybridized carbons (Fsp3) is 0.560. The van der Waals surface area contributed by atoms with Crippen molar-refractivity contribution in [3.05, 3.63) is 59.4 Å². The summed E-state index contributed by atoms with van der Waals surface area (Å²) in [5.74, 6) is 1.25. The maximum absolute atomic E-state index is 5.67. The largest absolute Gasteiger partial charge is 0.494 e. The molecule has 0 aliphatic carbocycles.